The van der Waals surface area contributed by atoms with Crippen LogP contribution in [0.15, 0.2) is 42.7 Å². The Balaban J connectivity index is 1.83. The fourth-order valence-corrected chi connectivity index (χ4v) is 1.92. The quantitative estimate of drug-likeness (QED) is 0.834. The Labute approximate surface area is 111 Å². The van der Waals surface area contributed by atoms with Gasteiger partial charge in [-0.2, -0.15) is 5.10 Å². The molecule has 0 fully saturated rings. The third kappa shape index (κ3) is 3.87. The van der Waals surface area contributed by atoms with E-state index in [9.17, 15) is 9.50 Å². The highest BCUT2D eigenvalue weighted by molar-refractivity contribution is 5.19. The molecule has 0 bridgehead atoms. The van der Waals surface area contributed by atoms with Crippen molar-refractivity contribution < 1.29 is 9.50 Å². The van der Waals surface area contributed by atoms with Gasteiger partial charge in [-0.15, -0.1) is 0 Å². The monoisotopic (exact) mass is 263 g/mol. The molecule has 0 spiro atoms. The summed E-state index contributed by atoms with van der Waals surface area (Å²) in [5, 5.41) is 17.2. The summed E-state index contributed by atoms with van der Waals surface area (Å²) in [6.07, 6.45) is 2.76. The minimum absolute atomic E-state index is 0.140. The zero-order valence-electron chi connectivity index (χ0n) is 10.8. The molecule has 0 aliphatic rings. The van der Waals surface area contributed by atoms with Gasteiger partial charge in [0, 0.05) is 30.5 Å². The third-order valence-electron chi connectivity index (χ3n) is 2.94. The molecule has 0 aliphatic heterocycles. The standard InChI is InChI=1S/C14H18FN3O/c1-11(10-18-8-4-7-17-18)16-9-14(19)12-5-2-3-6-13(12)15/h2-8,11,14,16,19H,9-10H2,1H3/t11-,14+/m1/s1. The maximum Gasteiger partial charge on any atom is 0.129 e. The average molecular weight is 263 g/mol. The summed E-state index contributed by atoms with van der Waals surface area (Å²) in [5.74, 6) is -0.378. The largest absolute Gasteiger partial charge is 0.387 e. The lowest BCUT2D eigenvalue weighted by molar-refractivity contribution is 0.164. The van der Waals surface area contributed by atoms with E-state index in [4.69, 9.17) is 0 Å². The highest BCUT2D eigenvalue weighted by atomic mass is 19.1. The van der Waals surface area contributed by atoms with Crippen LogP contribution in [0.4, 0.5) is 4.39 Å². The summed E-state index contributed by atoms with van der Waals surface area (Å²) in [4.78, 5) is 0. The molecule has 1 aromatic carbocycles. The molecule has 1 aromatic heterocycles. The molecule has 2 N–H and O–H groups in total. The van der Waals surface area contributed by atoms with Gasteiger partial charge in [0.2, 0.25) is 0 Å². The van der Waals surface area contributed by atoms with E-state index >= 15 is 0 Å². The molecule has 5 heteroatoms. The van der Waals surface area contributed by atoms with E-state index in [0.717, 1.165) is 0 Å². The van der Waals surface area contributed by atoms with E-state index in [1.165, 1.54) is 6.07 Å². The molecule has 0 saturated heterocycles. The summed E-state index contributed by atoms with van der Waals surface area (Å²) < 4.78 is 15.3. The van der Waals surface area contributed by atoms with E-state index in [1.54, 1.807) is 24.4 Å². The Kier molecular flexibility index (Phi) is 4.65. The van der Waals surface area contributed by atoms with Gasteiger partial charge in [0.25, 0.3) is 0 Å². The summed E-state index contributed by atoms with van der Waals surface area (Å²) in [5.41, 5.74) is 0.321. The number of hydrogen-bond acceptors (Lipinski definition) is 3. The van der Waals surface area contributed by atoms with Crippen molar-refractivity contribution in [3.63, 3.8) is 0 Å². The molecule has 0 radical (unpaired) electrons. The predicted molar refractivity (Wildman–Crippen MR) is 71.1 cm³/mol. The number of halogens is 1. The molecule has 0 amide bonds. The molecule has 4 nitrogen and oxygen atoms in total. The summed E-state index contributed by atoms with van der Waals surface area (Å²) >= 11 is 0. The van der Waals surface area contributed by atoms with E-state index in [-0.39, 0.29) is 11.9 Å². The highest BCUT2D eigenvalue weighted by Gasteiger charge is 2.13. The lowest BCUT2D eigenvalue weighted by Gasteiger charge is -2.17. The molecule has 0 saturated carbocycles. The van der Waals surface area contributed by atoms with Crippen molar-refractivity contribution in [1.82, 2.24) is 15.1 Å². The zero-order chi connectivity index (χ0) is 13.7. The normalized spacial score (nSPS) is 14.3. The molecular weight excluding hydrogens is 245 g/mol. The summed E-state index contributed by atoms with van der Waals surface area (Å²) in [7, 11) is 0. The molecule has 0 aliphatic carbocycles. The van der Waals surface area contributed by atoms with E-state index in [0.29, 0.717) is 18.7 Å². The summed E-state index contributed by atoms with van der Waals surface area (Å²) in [6.45, 7) is 3.01. The van der Waals surface area contributed by atoms with Gasteiger partial charge in [-0.05, 0) is 19.1 Å². The Hall–Kier alpha value is -1.72. The average Bonchev–Trinajstić information content (AvgIpc) is 2.89. The summed E-state index contributed by atoms with van der Waals surface area (Å²) in [6, 6.07) is 8.28. The second-order valence-electron chi connectivity index (χ2n) is 4.57. The van der Waals surface area contributed by atoms with E-state index in [2.05, 4.69) is 10.4 Å². The molecule has 2 atom stereocenters. The van der Waals surface area contributed by atoms with Gasteiger partial charge in [-0.25, -0.2) is 4.39 Å². The minimum Gasteiger partial charge on any atom is -0.387 e. The Morgan fingerprint density at radius 3 is 2.84 bits per heavy atom. The number of hydrogen-bond donors (Lipinski definition) is 2. The number of nitrogens with zero attached hydrogens (tertiary/aromatic N) is 2. The van der Waals surface area contributed by atoms with Crippen molar-refractivity contribution in [3.05, 3.63) is 54.1 Å². The van der Waals surface area contributed by atoms with Gasteiger partial charge in [-0.1, -0.05) is 18.2 Å². The zero-order valence-corrected chi connectivity index (χ0v) is 10.8. The van der Waals surface area contributed by atoms with Crippen LogP contribution in [0.3, 0.4) is 0 Å². The van der Waals surface area contributed by atoms with Crippen LogP contribution in [0, 0.1) is 5.82 Å². The van der Waals surface area contributed by atoms with Crippen LogP contribution in [0.1, 0.15) is 18.6 Å². The second-order valence-corrected chi connectivity index (χ2v) is 4.57. The van der Waals surface area contributed by atoms with Gasteiger partial charge < -0.3 is 10.4 Å². The molecule has 2 rings (SSSR count). The minimum atomic E-state index is -0.846. The van der Waals surface area contributed by atoms with E-state index < -0.39 is 6.10 Å². The lowest BCUT2D eigenvalue weighted by Crippen LogP contribution is -2.34. The van der Waals surface area contributed by atoms with Crippen LogP contribution < -0.4 is 5.32 Å². The lowest BCUT2D eigenvalue weighted by atomic mass is 10.1. The number of aliphatic hydroxyl groups is 1. The number of benzene rings is 1. The predicted octanol–water partition coefficient (Wildman–Crippen LogP) is 1.73. The third-order valence-corrected chi connectivity index (χ3v) is 2.94. The molecule has 1 heterocycles. The Morgan fingerprint density at radius 1 is 1.37 bits per heavy atom. The fourth-order valence-electron chi connectivity index (χ4n) is 1.92. The number of nitrogens with one attached hydrogen (secondary N) is 1. The molecular formula is C14H18FN3O. The van der Waals surface area contributed by atoms with Gasteiger partial charge in [0.05, 0.1) is 12.6 Å². The topological polar surface area (TPSA) is 50.1 Å². The first-order valence-electron chi connectivity index (χ1n) is 6.30. The number of rotatable bonds is 6. The van der Waals surface area contributed by atoms with Crippen molar-refractivity contribution in [2.24, 2.45) is 0 Å². The van der Waals surface area contributed by atoms with Crippen molar-refractivity contribution in [2.45, 2.75) is 25.6 Å². The van der Waals surface area contributed by atoms with E-state index in [1.807, 2.05) is 23.9 Å². The SMILES string of the molecule is C[C@H](Cn1cccn1)NC[C@H](O)c1ccccc1F. The van der Waals surface area contributed by atoms with Crippen LogP contribution in [-0.4, -0.2) is 27.5 Å². The van der Waals surface area contributed by atoms with Crippen molar-refractivity contribution in [2.75, 3.05) is 6.54 Å². The van der Waals surface area contributed by atoms with Gasteiger partial charge in [0.1, 0.15) is 5.82 Å². The number of aromatic nitrogens is 2. The first-order chi connectivity index (χ1) is 9.16. The molecule has 2 aromatic rings. The highest BCUT2D eigenvalue weighted by Crippen LogP contribution is 2.15. The van der Waals surface area contributed by atoms with Gasteiger partial charge in [-0.3, -0.25) is 4.68 Å². The smallest absolute Gasteiger partial charge is 0.129 e. The maximum absolute atomic E-state index is 13.5. The maximum atomic E-state index is 13.5. The van der Waals surface area contributed by atoms with Crippen molar-refractivity contribution in [3.8, 4) is 0 Å². The van der Waals surface area contributed by atoms with Crippen molar-refractivity contribution >= 4 is 0 Å². The van der Waals surface area contributed by atoms with Gasteiger partial charge in [0.15, 0.2) is 0 Å². The van der Waals surface area contributed by atoms with Crippen LogP contribution in [0.5, 0.6) is 0 Å². The second kappa shape index (κ2) is 6.45. The van der Waals surface area contributed by atoms with Crippen molar-refractivity contribution in [1.29, 1.82) is 0 Å². The Morgan fingerprint density at radius 2 is 2.16 bits per heavy atom. The molecule has 0 unspecified atom stereocenters. The molecule has 102 valence electrons. The Bertz CT molecular complexity index is 501. The van der Waals surface area contributed by atoms with Crippen LogP contribution in [0.2, 0.25) is 0 Å². The molecule has 19 heavy (non-hydrogen) atoms. The number of aliphatic hydroxyl groups excluding tert-OH is 1. The van der Waals surface area contributed by atoms with Crippen LogP contribution >= 0.6 is 0 Å². The van der Waals surface area contributed by atoms with Crippen LogP contribution in [0.25, 0.3) is 0 Å². The van der Waals surface area contributed by atoms with Crippen LogP contribution in [-0.2, 0) is 6.54 Å². The first-order valence-corrected chi connectivity index (χ1v) is 6.30. The van der Waals surface area contributed by atoms with Gasteiger partial charge >= 0.3 is 0 Å². The fraction of sp³-hybridized carbons (Fsp3) is 0.357. The first kappa shape index (κ1) is 13.7.